The van der Waals surface area contributed by atoms with Crippen molar-refractivity contribution in [3.8, 4) is 5.69 Å². The van der Waals surface area contributed by atoms with E-state index in [9.17, 15) is 4.79 Å². The molecule has 1 atom stereocenters. The molecule has 0 spiro atoms. The third kappa shape index (κ3) is 5.03. The van der Waals surface area contributed by atoms with E-state index < -0.39 is 8.07 Å². The smallest absolute Gasteiger partial charge is 0.188 e. The zero-order valence-corrected chi connectivity index (χ0v) is 23.8. The number of aryl methyl sites for hydroxylation is 2. The minimum absolute atomic E-state index is 0.0412. The second-order valence-electron chi connectivity index (χ2n) is 10.8. The van der Waals surface area contributed by atoms with Gasteiger partial charge in [-0.2, -0.15) is 10.2 Å². The van der Waals surface area contributed by atoms with Crippen molar-refractivity contribution in [2.24, 2.45) is 7.05 Å². The first kappa shape index (κ1) is 25.9. The van der Waals surface area contributed by atoms with Gasteiger partial charge in [0.2, 0.25) is 0 Å². The number of rotatable bonds is 10. The topological polar surface area (TPSA) is 122 Å². The number of ketones is 1. The molecule has 0 amide bonds. The van der Waals surface area contributed by atoms with Gasteiger partial charge in [0, 0.05) is 34.1 Å². The quantitative estimate of drug-likeness (QED) is 0.170. The molecule has 0 saturated carbocycles. The summed E-state index contributed by atoms with van der Waals surface area (Å²) >= 11 is 0. The molecule has 200 valence electrons. The molecule has 1 unspecified atom stereocenters. The maximum atomic E-state index is 13.3. The van der Waals surface area contributed by atoms with Crippen LogP contribution in [0.4, 0.5) is 11.5 Å². The van der Waals surface area contributed by atoms with E-state index in [1.54, 1.807) is 34.0 Å². The van der Waals surface area contributed by atoms with Gasteiger partial charge in [0.1, 0.15) is 29.8 Å². The second-order valence-corrected chi connectivity index (χ2v) is 16.4. The Hall–Kier alpha value is -3.71. The summed E-state index contributed by atoms with van der Waals surface area (Å²) in [4.78, 5) is 24.9. The molecule has 0 saturated heterocycles. The molecule has 0 N–H and O–H groups in total. The highest BCUT2D eigenvalue weighted by Gasteiger charge is 2.36. The van der Waals surface area contributed by atoms with Crippen LogP contribution in [0.5, 0.6) is 0 Å². The van der Waals surface area contributed by atoms with Gasteiger partial charge in [-0.1, -0.05) is 26.6 Å². The fourth-order valence-corrected chi connectivity index (χ4v) is 5.37. The van der Waals surface area contributed by atoms with Gasteiger partial charge in [0.05, 0.1) is 30.5 Å². The lowest BCUT2D eigenvalue weighted by atomic mass is 10.1. The van der Waals surface area contributed by atoms with Gasteiger partial charge >= 0.3 is 0 Å². The van der Waals surface area contributed by atoms with Crippen molar-refractivity contribution in [2.45, 2.75) is 65.1 Å². The third-order valence-corrected chi connectivity index (χ3v) is 8.32. The number of Topliss-reactive ketones (excluding diaryl/α,β-unsaturated/α-hetero) is 1. The van der Waals surface area contributed by atoms with Crippen LogP contribution in [0.1, 0.15) is 47.3 Å². The summed E-state index contributed by atoms with van der Waals surface area (Å²) in [5.74, 6) is 2.59. The van der Waals surface area contributed by atoms with Crippen LogP contribution in [-0.2, 0) is 24.9 Å². The molecule has 0 fully saturated rings. The molecule has 0 radical (unpaired) electrons. The summed E-state index contributed by atoms with van der Waals surface area (Å²) in [7, 11) is 0.686. The molecule has 4 aromatic heterocycles. The first-order valence-electron chi connectivity index (χ1n) is 12.8. The molecule has 0 aromatic carbocycles. The zero-order valence-electron chi connectivity index (χ0n) is 22.8. The molecule has 0 bridgehead atoms. The Morgan fingerprint density at radius 3 is 2.68 bits per heavy atom. The van der Waals surface area contributed by atoms with Crippen LogP contribution in [0.25, 0.3) is 5.69 Å². The van der Waals surface area contributed by atoms with Crippen molar-refractivity contribution < 1.29 is 9.53 Å². The molecule has 4 aromatic rings. The van der Waals surface area contributed by atoms with Crippen molar-refractivity contribution >= 4 is 25.4 Å². The van der Waals surface area contributed by atoms with Gasteiger partial charge in [-0.15, -0.1) is 10.2 Å². The van der Waals surface area contributed by atoms with E-state index in [0.29, 0.717) is 23.9 Å². The lowest BCUT2D eigenvalue weighted by Crippen LogP contribution is -2.32. The van der Waals surface area contributed by atoms with Crippen molar-refractivity contribution in [1.29, 1.82) is 0 Å². The highest BCUT2D eigenvalue weighted by Crippen LogP contribution is 2.43. The summed E-state index contributed by atoms with van der Waals surface area (Å²) in [6.45, 7) is 11.8. The fraction of sp³-hybridized carbons (Fsp3) is 0.480. The number of nitrogens with zero attached hydrogens (tertiary/aromatic N) is 10. The number of hydrogen-bond donors (Lipinski definition) is 0. The largest absolute Gasteiger partial charge is 0.360 e. The summed E-state index contributed by atoms with van der Waals surface area (Å²) in [5, 5.41) is 17.4. The fourth-order valence-electron chi connectivity index (χ4n) is 4.61. The van der Waals surface area contributed by atoms with Gasteiger partial charge in [-0.25, -0.2) is 14.6 Å². The Morgan fingerprint density at radius 1 is 1.16 bits per heavy atom. The number of fused-ring (bicyclic) bond motifs is 3. The van der Waals surface area contributed by atoms with E-state index in [1.165, 1.54) is 0 Å². The van der Waals surface area contributed by atoms with Crippen LogP contribution < -0.4 is 4.90 Å². The summed E-state index contributed by atoms with van der Waals surface area (Å²) < 4.78 is 11.2. The van der Waals surface area contributed by atoms with E-state index in [4.69, 9.17) is 9.72 Å². The summed E-state index contributed by atoms with van der Waals surface area (Å²) in [5.41, 5.74) is 2.14. The van der Waals surface area contributed by atoms with E-state index >= 15 is 0 Å². The van der Waals surface area contributed by atoms with Gasteiger partial charge in [-0.05, 0) is 25.5 Å². The first-order chi connectivity index (χ1) is 18.2. The standard InChI is InChI=1S/C25H34N10O2Si/c1-7-19-25-31-30-17(2)34(25)21-14-26-23(29-24(21)35(19)18-13-28-32(3)15-18)12-22(36)20-8-9-27-33(20)16-37-10-11-38(4,5)6/h8-9,13-15,19H,7,10-12,16H2,1-6H3. The van der Waals surface area contributed by atoms with Crippen LogP contribution in [0.3, 0.4) is 0 Å². The monoisotopic (exact) mass is 534 g/mol. The van der Waals surface area contributed by atoms with Gasteiger partial charge < -0.3 is 9.64 Å². The molecular formula is C25H34N10O2Si. The van der Waals surface area contributed by atoms with Crippen molar-refractivity contribution in [2.75, 3.05) is 11.5 Å². The molecule has 5 heterocycles. The highest BCUT2D eigenvalue weighted by molar-refractivity contribution is 6.76. The SMILES string of the molecule is CCC1c2nnc(C)n2-c2cnc(CC(=O)c3ccnn3COCC[Si](C)(C)C)nc2N1c1cnn(C)c1. The van der Waals surface area contributed by atoms with Gasteiger partial charge in [0.15, 0.2) is 17.4 Å². The van der Waals surface area contributed by atoms with Crippen molar-refractivity contribution in [3.63, 3.8) is 0 Å². The number of carbonyl (C=O) groups excluding carboxylic acids is 1. The van der Waals surface area contributed by atoms with Crippen LogP contribution in [0.15, 0.2) is 30.9 Å². The van der Waals surface area contributed by atoms with Crippen molar-refractivity contribution in [3.05, 3.63) is 54.0 Å². The van der Waals surface area contributed by atoms with Crippen molar-refractivity contribution in [1.82, 2.24) is 44.3 Å². The maximum Gasteiger partial charge on any atom is 0.188 e. The van der Waals surface area contributed by atoms with E-state index in [1.807, 2.05) is 24.7 Å². The van der Waals surface area contributed by atoms with Crippen LogP contribution in [-0.4, -0.2) is 64.8 Å². The zero-order chi connectivity index (χ0) is 27.0. The minimum Gasteiger partial charge on any atom is -0.360 e. The summed E-state index contributed by atoms with van der Waals surface area (Å²) in [6.07, 6.45) is 7.94. The number of ether oxygens (including phenoxy) is 1. The molecule has 13 heteroatoms. The highest BCUT2D eigenvalue weighted by atomic mass is 28.3. The van der Waals surface area contributed by atoms with E-state index in [2.05, 4.69) is 56.8 Å². The van der Waals surface area contributed by atoms with Gasteiger partial charge in [0.25, 0.3) is 0 Å². The molecule has 1 aliphatic rings. The molecule has 5 rings (SSSR count). The Labute approximate surface area is 222 Å². The average Bonchev–Trinajstić information content (AvgIpc) is 3.60. The number of anilines is 2. The molecule has 0 aliphatic carbocycles. The van der Waals surface area contributed by atoms with Crippen LogP contribution in [0, 0.1) is 6.92 Å². The normalized spacial score (nSPS) is 15.0. The second kappa shape index (κ2) is 10.2. The lowest BCUT2D eigenvalue weighted by molar-refractivity contribution is 0.0730. The molecule has 1 aliphatic heterocycles. The van der Waals surface area contributed by atoms with Crippen LogP contribution >= 0.6 is 0 Å². The Bertz CT molecular complexity index is 1450. The van der Waals surface area contributed by atoms with Gasteiger partial charge in [-0.3, -0.25) is 14.0 Å². The lowest BCUT2D eigenvalue weighted by Gasteiger charge is -2.36. The molecule has 38 heavy (non-hydrogen) atoms. The third-order valence-electron chi connectivity index (χ3n) is 6.62. The maximum absolute atomic E-state index is 13.3. The van der Waals surface area contributed by atoms with E-state index in [0.717, 1.165) is 35.5 Å². The Balaban J connectivity index is 1.43. The molecular weight excluding hydrogens is 500 g/mol. The Kier molecular flexibility index (Phi) is 6.97. The predicted molar refractivity (Wildman–Crippen MR) is 144 cm³/mol. The predicted octanol–water partition coefficient (Wildman–Crippen LogP) is 3.64. The number of carbonyl (C=O) groups is 1. The number of hydrogen-bond acceptors (Lipinski definition) is 9. The van der Waals surface area contributed by atoms with E-state index in [-0.39, 0.29) is 25.0 Å². The first-order valence-corrected chi connectivity index (χ1v) is 16.6. The Morgan fingerprint density at radius 2 is 1.97 bits per heavy atom. The summed E-state index contributed by atoms with van der Waals surface area (Å²) in [6, 6.07) is 2.67. The molecule has 12 nitrogen and oxygen atoms in total. The minimum atomic E-state index is -1.19. The van der Waals surface area contributed by atoms with Crippen LogP contribution in [0.2, 0.25) is 25.7 Å². The average molecular weight is 535 g/mol. The number of aromatic nitrogens is 9.